The number of methoxy groups -OCH3 is 2. The first-order chi connectivity index (χ1) is 11.7. The highest BCUT2D eigenvalue weighted by Crippen LogP contribution is 2.40. The van der Waals surface area contributed by atoms with Crippen LogP contribution in [-0.2, 0) is 0 Å². The van der Waals surface area contributed by atoms with Crippen molar-refractivity contribution in [3.8, 4) is 33.2 Å². The van der Waals surface area contributed by atoms with Crippen LogP contribution in [-0.4, -0.2) is 25.0 Å². The number of rotatable bonds is 6. The Morgan fingerprint density at radius 1 is 0.875 bits per heavy atom. The van der Waals surface area contributed by atoms with E-state index in [-0.39, 0.29) is 0 Å². The largest absolute Gasteiger partial charge is 0.497 e. The molecule has 1 aromatic heterocycles. The maximum Gasteiger partial charge on any atom is 0.151 e. The third kappa shape index (κ3) is 3.57. The van der Waals surface area contributed by atoms with Crippen molar-refractivity contribution in [2.45, 2.75) is 11.3 Å². The van der Waals surface area contributed by atoms with E-state index >= 15 is 0 Å². The molecular formula is C19H19NO2S2. The normalized spacial score (nSPS) is 10.6. The Bertz CT molecular complexity index is 730. The van der Waals surface area contributed by atoms with Gasteiger partial charge in [0.25, 0.3) is 0 Å². The number of hydrogen-bond donors (Lipinski definition) is 0. The first-order valence-corrected chi connectivity index (χ1v) is 9.47. The van der Waals surface area contributed by atoms with Crippen LogP contribution in [0.1, 0.15) is 6.92 Å². The van der Waals surface area contributed by atoms with Gasteiger partial charge in [-0.15, -0.1) is 11.3 Å². The Hall–Kier alpha value is -1.98. The maximum atomic E-state index is 5.26. The van der Waals surface area contributed by atoms with Crippen molar-refractivity contribution in [3.05, 3.63) is 48.5 Å². The molecule has 3 rings (SSSR count). The second kappa shape index (κ2) is 7.73. The number of nitrogens with zero attached hydrogens (tertiary/aromatic N) is 1. The first-order valence-electron chi connectivity index (χ1n) is 7.67. The number of aromatic nitrogens is 1. The van der Waals surface area contributed by atoms with Gasteiger partial charge in [-0.3, -0.25) is 0 Å². The summed E-state index contributed by atoms with van der Waals surface area (Å²) in [5, 5.41) is 0. The van der Waals surface area contributed by atoms with Crippen LogP contribution in [0.4, 0.5) is 0 Å². The predicted octanol–water partition coefficient (Wildman–Crippen LogP) is 5.61. The number of thioether (sulfide) groups is 1. The molecule has 0 saturated carbocycles. The lowest BCUT2D eigenvalue weighted by Crippen LogP contribution is -1.86. The molecule has 3 aromatic rings. The van der Waals surface area contributed by atoms with Crippen LogP contribution in [0.5, 0.6) is 11.5 Å². The Morgan fingerprint density at radius 2 is 1.42 bits per heavy atom. The average Bonchev–Trinajstić information content (AvgIpc) is 3.06. The maximum absolute atomic E-state index is 5.26. The predicted molar refractivity (Wildman–Crippen MR) is 102 cm³/mol. The SMILES string of the molecule is CCSc1nc(-c2ccc(OC)cc2)c(-c2ccc(OC)cc2)s1. The summed E-state index contributed by atoms with van der Waals surface area (Å²) in [6, 6.07) is 16.2. The van der Waals surface area contributed by atoms with E-state index in [4.69, 9.17) is 14.5 Å². The second-order valence-corrected chi connectivity index (χ2v) is 7.56. The monoisotopic (exact) mass is 357 g/mol. The van der Waals surface area contributed by atoms with Crippen molar-refractivity contribution in [1.82, 2.24) is 4.98 Å². The summed E-state index contributed by atoms with van der Waals surface area (Å²) in [6.45, 7) is 2.15. The van der Waals surface area contributed by atoms with E-state index in [1.807, 2.05) is 24.3 Å². The zero-order valence-electron chi connectivity index (χ0n) is 13.9. The molecule has 0 radical (unpaired) electrons. The van der Waals surface area contributed by atoms with Gasteiger partial charge in [-0.05, 0) is 59.8 Å². The lowest BCUT2D eigenvalue weighted by Gasteiger charge is -2.05. The molecule has 0 atom stereocenters. The van der Waals surface area contributed by atoms with E-state index in [1.54, 1.807) is 37.3 Å². The fraction of sp³-hybridized carbons (Fsp3) is 0.211. The zero-order chi connectivity index (χ0) is 16.9. The van der Waals surface area contributed by atoms with Crippen LogP contribution in [0, 0.1) is 0 Å². The zero-order valence-corrected chi connectivity index (χ0v) is 15.5. The van der Waals surface area contributed by atoms with Gasteiger partial charge in [0.15, 0.2) is 4.34 Å². The molecule has 3 nitrogen and oxygen atoms in total. The minimum absolute atomic E-state index is 0.850. The summed E-state index contributed by atoms with van der Waals surface area (Å²) in [4.78, 5) is 6.03. The third-order valence-electron chi connectivity index (χ3n) is 3.59. The van der Waals surface area contributed by atoms with E-state index in [9.17, 15) is 0 Å². The Labute approximate surface area is 150 Å². The van der Waals surface area contributed by atoms with Gasteiger partial charge in [0.2, 0.25) is 0 Å². The molecule has 0 aliphatic heterocycles. The van der Waals surface area contributed by atoms with Gasteiger partial charge in [0.1, 0.15) is 11.5 Å². The molecule has 2 aromatic carbocycles. The lowest BCUT2D eigenvalue weighted by atomic mass is 10.1. The summed E-state index contributed by atoms with van der Waals surface area (Å²) in [5.74, 6) is 2.72. The van der Waals surface area contributed by atoms with Crippen LogP contribution >= 0.6 is 23.1 Å². The fourth-order valence-corrected chi connectivity index (χ4v) is 4.44. The molecule has 0 N–H and O–H groups in total. The molecule has 5 heteroatoms. The van der Waals surface area contributed by atoms with Gasteiger partial charge in [0, 0.05) is 5.56 Å². The molecule has 0 saturated heterocycles. The average molecular weight is 358 g/mol. The summed E-state index contributed by atoms with van der Waals surface area (Å²) in [5.41, 5.74) is 3.27. The molecule has 0 fully saturated rings. The molecule has 0 unspecified atom stereocenters. The first kappa shape index (κ1) is 16.9. The van der Waals surface area contributed by atoms with Crippen molar-refractivity contribution in [2.75, 3.05) is 20.0 Å². The van der Waals surface area contributed by atoms with Gasteiger partial charge >= 0.3 is 0 Å². The second-order valence-electron chi connectivity index (χ2n) is 5.05. The standard InChI is InChI=1S/C19H19NO2S2/c1-4-23-19-20-17(13-5-9-15(21-2)10-6-13)18(24-19)14-7-11-16(22-3)12-8-14/h5-12H,4H2,1-3H3. The molecule has 0 aliphatic rings. The molecule has 0 bridgehead atoms. The van der Waals surface area contributed by atoms with Crippen molar-refractivity contribution < 1.29 is 9.47 Å². The van der Waals surface area contributed by atoms with Gasteiger partial charge < -0.3 is 9.47 Å². The Kier molecular flexibility index (Phi) is 5.43. The molecule has 124 valence electrons. The quantitative estimate of drug-likeness (QED) is 0.537. The molecular weight excluding hydrogens is 338 g/mol. The van der Waals surface area contributed by atoms with Crippen LogP contribution in [0.15, 0.2) is 52.9 Å². The number of benzene rings is 2. The van der Waals surface area contributed by atoms with E-state index in [1.165, 1.54) is 4.88 Å². The minimum atomic E-state index is 0.850. The van der Waals surface area contributed by atoms with Gasteiger partial charge in [-0.1, -0.05) is 18.7 Å². The highest BCUT2D eigenvalue weighted by Gasteiger charge is 2.15. The molecule has 24 heavy (non-hydrogen) atoms. The van der Waals surface area contributed by atoms with Crippen molar-refractivity contribution in [2.24, 2.45) is 0 Å². The van der Waals surface area contributed by atoms with Crippen molar-refractivity contribution >= 4 is 23.1 Å². The van der Waals surface area contributed by atoms with Crippen LogP contribution < -0.4 is 9.47 Å². The molecule has 0 spiro atoms. The van der Waals surface area contributed by atoms with Crippen LogP contribution in [0.2, 0.25) is 0 Å². The van der Waals surface area contributed by atoms with Gasteiger partial charge in [-0.25, -0.2) is 4.98 Å². The lowest BCUT2D eigenvalue weighted by molar-refractivity contribution is 0.414. The van der Waals surface area contributed by atoms with E-state index in [2.05, 4.69) is 31.2 Å². The number of ether oxygens (including phenoxy) is 2. The summed E-state index contributed by atoms with van der Waals surface area (Å²) >= 11 is 3.51. The topological polar surface area (TPSA) is 31.4 Å². The highest BCUT2D eigenvalue weighted by atomic mass is 32.2. The summed E-state index contributed by atoms with van der Waals surface area (Å²) in [7, 11) is 3.36. The summed E-state index contributed by atoms with van der Waals surface area (Å²) in [6.07, 6.45) is 0. The van der Waals surface area contributed by atoms with E-state index < -0.39 is 0 Å². The molecule has 1 heterocycles. The number of thiazole rings is 1. The molecule has 0 amide bonds. The van der Waals surface area contributed by atoms with E-state index in [0.29, 0.717) is 0 Å². The molecule has 0 aliphatic carbocycles. The minimum Gasteiger partial charge on any atom is -0.497 e. The van der Waals surface area contributed by atoms with Gasteiger partial charge in [-0.2, -0.15) is 0 Å². The van der Waals surface area contributed by atoms with E-state index in [0.717, 1.165) is 38.4 Å². The van der Waals surface area contributed by atoms with Crippen LogP contribution in [0.3, 0.4) is 0 Å². The summed E-state index contributed by atoms with van der Waals surface area (Å²) < 4.78 is 11.6. The van der Waals surface area contributed by atoms with Crippen molar-refractivity contribution in [3.63, 3.8) is 0 Å². The Morgan fingerprint density at radius 3 is 1.92 bits per heavy atom. The van der Waals surface area contributed by atoms with Crippen molar-refractivity contribution in [1.29, 1.82) is 0 Å². The number of hydrogen-bond acceptors (Lipinski definition) is 5. The fourth-order valence-electron chi connectivity index (χ4n) is 2.37. The smallest absolute Gasteiger partial charge is 0.151 e. The third-order valence-corrected chi connectivity index (χ3v) is 5.72. The Balaban J connectivity index is 2.05. The highest BCUT2D eigenvalue weighted by molar-refractivity contribution is 8.01. The van der Waals surface area contributed by atoms with Crippen LogP contribution in [0.25, 0.3) is 21.7 Å². The van der Waals surface area contributed by atoms with Gasteiger partial charge in [0.05, 0.1) is 24.8 Å².